The minimum Gasteiger partial charge on any atom is -0.481 e. The van der Waals surface area contributed by atoms with E-state index < -0.39 is 5.97 Å². The number of hydrogen-bond donors (Lipinski definition) is 2. The van der Waals surface area contributed by atoms with Crippen molar-refractivity contribution >= 4 is 29.3 Å². The normalized spacial score (nSPS) is 10.5. The van der Waals surface area contributed by atoms with Gasteiger partial charge in [-0.1, -0.05) is 41.9 Å². The van der Waals surface area contributed by atoms with Gasteiger partial charge in [0.25, 0.3) is 5.91 Å². The quantitative estimate of drug-likeness (QED) is 0.645. The van der Waals surface area contributed by atoms with Gasteiger partial charge in [0.1, 0.15) is 5.82 Å². The molecule has 0 aliphatic heterocycles. The summed E-state index contributed by atoms with van der Waals surface area (Å²) >= 11 is 6.00. The molecule has 1 aromatic heterocycles. The number of nitrogens with zero attached hydrogens (tertiary/aromatic N) is 1. The molecular formula is C22H19ClN2O3. The van der Waals surface area contributed by atoms with E-state index in [9.17, 15) is 14.7 Å². The molecule has 0 unspecified atom stereocenters. The molecule has 0 aliphatic rings. The molecule has 3 aromatic rings. The van der Waals surface area contributed by atoms with Crippen molar-refractivity contribution in [3.8, 4) is 11.1 Å². The summed E-state index contributed by atoms with van der Waals surface area (Å²) in [6.45, 7) is 3.57. The Hall–Kier alpha value is -3.18. The number of hydrogen-bond acceptors (Lipinski definition) is 3. The molecule has 0 atom stereocenters. The van der Waals surface area contributed by atoms with Crippen molar-refractivity contribution in [3.63, 3.8) is 0 Å². The molecule has 0 aliphatic carbocycles. The van der Waals surface area contributed by atoms with Gasteiger partial charge in [0.2, 0.25) is 0 Å². The second-order valence-corrected chi connectivity index (χ2v) is 6.86. The van der Waals surface area contributed by atoms with Gasteiger partial charge in [0.05, 0.1) is 6.42 Å². The van der Waals surface area contributed by atoms with Crippen LogP contribution < -0.4 is 5.32 Å². The Kier molecular flexibility index (Phi) is 5.76. The minimum atomic E-state index is -0.944. The number of pyridine rings is 1. The van der Waals surface area contributed by atoms with Crippen LogP contribution in [0.1, 0.15) is 27.2 Å². The smallest absolute Gasteiger partial charge is 0.307 e. The predicted octanol–water partition coefficient (Wildman–Crippen LogP) is 4.90. The first-order valence-corrected chi connectivity index (χ1v) is 9.09. The van der Waals surface area contributed by atoms with Gasteiger partial charge in [-0.15, -0.1) is 0 Å². The molecule has 3 rings (SSSR count). The number of carboxylic acid groups (broad SMARTS) is 1. The zero-order valence-corrected chi connectivity index (χ0v) is 16.2. The van der Waals surface area contributed by atoms with E-state index in [1.807, 2.05) is 25.1 Å². The van der Waals surface area contributed by atoms with Crippen LogP contribution in [0, 0.1) is 13.8 Å². The van der Waals surface area contributed by atoms with Crippen LogP contribution in [0.15, 0.2) is 54.6 Å². The molecule has 0 fully saturated rings. The molecule has 0 radical (unpaired) electrons. The number of halogens is 1. The summed E-state index contributed by atoms with van der Waals surface area (Å²) in [7, 11) is 0. The lowest BCUT2D eigenvalue weighted by Crippen LogP contribution is -2.16. The molecule has 2 N–H and O–H groups in total. The molecule has 1 heterocycles. The summed E-state index contributed by atoms with van der Waals surface area (Å²) in [4.78, 5) is 28.4. The highest BCUT2D eigenvalue weighted by molar-refractivity contribution is 6.30. The summed E-state index contributed by atoms with van der Waals surface area (Å²) in [5.41, 5.74) is 3.96. The lowest BCUT2D eigenvalue weighted by Gasteiger charge is -2.18. The van der Waals surface area contributed by atoms with Gasteiger partial charge in [0.15, 0.2) is 0 Å². The number of anilines is 1. The second kappa shape index (κ2) is 8.23. The van der Waals surface area contributed by atoms with Crippen LogP contribution in [0.2, 0.25) is 5.02 Å². The highest BCUT2D eigenvalue weighted by Gasteiger charge is 2.20. The van der Waals surface area contributed by atoms with E-state index in [2.05, 4.69) is 10.3 Å². The van der Waals surface area contributed by atoms with Gasteiger partial charge < -0.3 is 10.4 Å². The fourth-order valence-electron chi connectivity index (χ4n) is 3.11. The zero-order chi connectivity index (χ0) is 20.3. The molecular weight excluding hydrogens is 376 g/mol. The lowest BCUT2D eigenvalue weighted by molar-refractivity contribution is -0.136. The van der Waals surface area contributed by atoms with Gasteiger partial charge in [-0.3, -0.25) is 9.59 Å². The Balaban J connectivity index is 2.11. The van der Waals surface area contributed by atoms with E-state index in [1.165, 1.54) is 0 Å². The van der Waals surface area contributed by atoms with Gasteiger partial charge >= 0.3 is 5.97 Å². The van der Waals surface area contributed by atoms with Crippen LogP contribution in [-0.2, 0) is 11.2 Å². The van der Waals surface area contributed by atoms with Gasteiger partial charge in [0, 0.05) is 16.3 Å². The SMILES string of the molecule is Cc1nc(NC(=O)c2ccccc2)c(C)c(-c2ccc(Cl)cc2)c1CC(=O)O. The Labute approximate surface area is 168 Å². The Morgan fingerprint density at radius 3 is 2.29 bits per heavy atom. The monoisotopic (exact) mass is 394 g/mol. The average Bonchev–Trinajstić information content (AvgIpc) is 2.67. The fraction of sp³-hybridized carbons (Fsp3) is 0.136. The van der Waals surface area contributed by atoms with Crippen LogP contribution in [0.3, 0.4) is 0 Å². The highest BCUT2D eigenvalue weighted by atomic mass is 35.5. The molecule has 0 saturated heterocycles. The topological polar surface area (TPSA) is 79.3 Å². The molecule has 5 nitrogen and oxygen atoms in total. The van der Waals surface area contributed by atoms with Gasteiger partial charge in [-0.05, 0) is 60.4 Å². The Bertz CT molecular complexity index is 1030. The van der Waals surface area contributed by atoms with Crippen LogP contribution in [0.25, 0.3) is 11.1 Å². The predicted molar refractivity (Wildman–Crippen MR) is 110 cm³/mol. The van der Waals surface area contributed by atoms with Crippen molar-refractivity contribution < 1.29 is 14.7 Å². The number of benzene rings is 2. The standard InChI is InChI=1S/C22H19ClN2O3/c1-13-20(15-8-10-17(23)11-9-15)18(12-19(26)27)14(2)24-21(13)25-22(28)16-6-4-3-5-7-16/h3-11H,12H2,1-2H3,(H,26,27)(H,24,25,28). The van der Waals surface area contributed by atoms with E-state index in [-0.39, 0.29) is 12.3 Å². The van der Waals surface area contributed by atoms with Gasteiger partial charge in [-0.25, -0.2) is 4.98 Å². The number of aliphatic carboxylic acids is 1. The second-order valence-electron chi connectivity index (χ2n) is 6.42. The summed E-state index contributed by atoms with van der Waals surface area (Å²) in [6.07, 6.45) is -0.162. The average molecular weight is 395 g/mol. The van der Waals surface area contributed by atoms with E-state index in [0.717, 1.165) is 11.1 Å². The van der Waals surface area contributed by atoms with Crippen LogP contribution in [0.5, 0.6) is 0 Å². The number of carboxylic acids is 1. The van der Waals surface area contributed by atoms with Gasteiger partial charge in [-0.2, -0.15) is 0 Å². The van der Waals surface area contributed by atoms with Crippen molar-refractivity contribution in [2.45, 2.75) is 20.3 Å². The van der Waals surface area contributed by atoms with Crippen molar-refractivity contribution in [2.24, 2.45) is 0 Å². The van der Waals surface area contributed by atoms with E-state index in [0.29, 0.717) is 33.2 Å². The molecule has 2 aromatic carbocycles. The first kappa shape index (κ1) is 19.6. The molecule has 6 heteroatoms. The maximum absolute atomic E-state index is 12.6. The summed E-state index contributed by atoms with van der Waals surface area (Å²) in [5.74, 6) is -0.810. The summed E-state index contributed by atoms with van der Waals surface area (Å²) < 4.78 is 0. The Morgan fingerprint density at radius 1 is 1.04 bits per heavy atom. The third kappa shape index (κ3) is 4.21. The number of carbonyl (C=O) groups excluding carboxylic acids is 1. The van der Waals surface area contributed by atoms with E-state index in [1.54, 1.807) is 43.3 Å². The Morgan fingerprint density at radius 2 is 1.68 bits per heavy atom. The number of aromatic nitrogens is 1. The van der Waals surface area contributed by atoms with E-state index in [4.69, 9.17) is 11.6 Å². The summed E-state index contributed by atoms with van der Waals surface area (Å²) in [6, 6.07) is 16.0. The maximum atomic E-state index is 12.6. The fourth-order valence-corrected chi connectivity index (χ4v) is 3.24. The maximum Gasteiger partial charge on any atom is 0.307 e. The lowest BCUT2D eigenvalue weighted by atomic mass is 9.92. The molecule has 0 saturated carbocycles. The third-order valence-corrected chi connectivity index (χ3v) is 4.73. The number of amides is 1. The van der Waals surface area contributed by atoms with Crippen LogP contribution >= 0.6 is 11.6 Å². The largest absolute Gasteiger partial charge is 0.481 e. The van der Waals surface area contributed by atoms with Crippen molar-refractivity contribution in [2.75, 3.05) is 5.32 Å². The van der Waals surface area contributed by atoms with Crippen LogP contribution in [0.4, 0.5) is 5.82 Å². The molecule has 142 valence electrons. The van der Waals surface area contributed by atoms with Crippen molar-refractivity contribution in [1.82, 2.24) is 4.98 Å². The van der Waals surface area contributed by atoms with E-state index >= 15 is 0 Å². The van der Waals surface area contributed by atoms with Crippen molar-refractivity contribution in [3.05, 3.63) is 82.0 Å². The first-order chi connectivity index (χ1) is 13.4. The molecule has 0 bridgehead atoms. The number of aryl methyl sites for hydroxylation is 1. The minimum absolute atomic E-state index is 0.162. The molecule has 1 amide bonds. The molecule has 0 spiro atoms. The highest BCUT2D eigenvalue weighted by Crippen LogP contribution is 2.34. The summed E-state index contributed by atoms with van der Waals surface area (Å²) in [5, 5.41) is 12.8. The number of nitrogens with one attached hydrogen (secondary N) is 1. The molecule has 28 heavy (non-hydrogen) atoms. The van der Waals surface area contributed by atoms with Crippen LogP contribution in [-0.4, -0.2) is 22.0 Å². The first-order valence-electron chi connectivity index (χ1n) is 8.71. The third-order valence-electron chi connectivity index (χ3n) is 4.48. The zero-order valence-electron chi connectivity index (χ0n) is 15.5. The number of rotatable bonds is 5. The van der Waals surface area contributed by atoms with Crippen molar-refractivity contribution in [1.29, 1.82) is 0 Å². The number of carbonyl (C=O) groups is 2.